The van der Waals surface area contributed by atoms with Crippen molar-refractivity contribution in [3.05, 3.63) is 118 Å². The molecule has 1 fully saturated rings. The van der Waals surface area contributed by atoms with E-state index in [0.717, 1.165) is 16.7 Å². The number of hydrogen-bond acceptors (Lipinski definition) is 13. The van der Waals surface area contributed by atoms with Crippen LogP contribution in [-0.2, 0) is 33.7 Å². The van der Waals surface area contributed by atoms with Crippen LogP contribution in [0.4, 0.5) is 5.82 Å². The Kier molecular flexibility index (Phi) is 16.7. The Morgan fingerprint density at radius 1 is 0.867 bits per heavy atom. The van der Waals surface area contributed by atoms with Crippen LogP contribution in [0.1, 0.15) is 70.4 Å². The first kappa shape index (κ1) is 45.9. The first-order chi connectivity index (χ1) is 29.0. The van der Waals surface area contributed by atoms with Gasteiger partial charge < -0.3 is 38.0 Å². The lowest BCUT2D eigenvalue weighted by Crippen LogP contribution is -2.43. The number of anilines is 1. The van der Waals surface area contributed by atoms with Gasteiger partial charge in [-0.2, -0.15) is 15.5 Å². The van der Waals surface area contributed by atoms with Gasteiger partial charge in [0.25, 0.3) is 8.53 Å². The van der Waals surface area contributed by atoms with Gasteiger partial charge in [-0.1, -0.05) is 54.6 Å². The monoisotopic (exact) mass is 840 g/mol. The molecule has 1 N–H and O–H groups in total. The Balaban J connectivity index is 1.68. The van der Waals surface area contributed by atoms with Crippen LogP contribution < -0.4 is 20.5 Å². The van der Waals surface area contributed by atoms with Crippen LogP contribution in [0, 0.1) is 22.7 Å². The van der Waals surface area contributed by atoms with Gasteiger partial charge in [0.05, 0.1) is 59.0 Å². The van der Waals surface area contributed by atoms with Gasteiger partial charge in [-0.3, -0.25) is 9.36 Å². The summed E-state index contributed by atoms with van der Waals surface area (Å²) in [7, 11) is 1.35. The molecule has 1 aliphatic heterocycles. The summed E-state index contributed by atoms with van der Waals surface area (Å²) in [5.41, 5.74) is 0.438. The summed E-state index contributed by atoms with van der Waals surface area (Å²) in [5, 5.41) is 21.5. The van der Waals surface area contributed by atoms with E-state index in [9.17, 15) is 20.1 Å². The van der Waals surface area contributed by atoms with Crippen molar-refractivity contribution in [3.8, 4) is 23.6 Å². The van der Waals surface area contributed by atoms with Crippen molar-refractivity contribution in [1.82, 2.24) is 14.2 Å². The maximum atomic E-state index is 13.7. The summed E-state index contributed by atoms with van der Waals surface area (Å²) >= 11 is 0. The zero-order valence-electron chi connectivity index (χ0n) is 35.0. The number of ether oxygens (including phenoxy) is 5. The lowest BCUT2D eigenvalue weighted by atomic mass is 9.80. The maximum Gasteiger partial charge on any atom is 0.351 e. The molecule has 1 amide bonds. The van der Waals surface area contributed by atoms with Gasteiger partial charge in [0.15, 0.2) is 6.23 Å². The van der Waals surface area contributed by atoms with E-state index in [2.05, 4.69) is 27.1 Å². The highest BCUT2D eigenvalue weighted by Crippen LogP contribution is 2.51. The second-order valence-corrected chi connectivity index (χ2v) is 15.8. The minimum absolute atomic E-state index is 0.00242. The third kappa shape index (κ3) is 10.9. The predicted octanol–water partition coefficient (Wildman–Crippen LogP) is 7.09. The topological polar surface area (TPSA) is 179 Å². The van der Waals surface area contributed by atoms with Crippen molar-refractivity contribution in [1.29, 1.82) is 10.5 Å². The van der Waals surface area contributed by atoms with Gasteiger partial charge in [0.2, 0.25) is 5.91 Å². The van der Waals surface area contributed by atoms with Crippen molar-refractivity contribution in [2.45, 2.75) is 89.7 Å². The maximum absolute atomic E-state index is 13.7. The van der Waals surface area contributed by atoms with Crippen LogP contribution in [0.5, 0.6) is 11.5 Å². The van der Waals surface area contributed by atoms with Crippen LogP contribution in [0.15, 0.2) is 95.9 Å². The Morgan fingerprint density at radius 3 is 1.95 bits per heavy atom. The van der Waals surface area contributed by atoms with Crippen molar-refractivity contribution in [2.24, 2.45) is 0 Å². The number of aromatic nitrogens is 2. The third-order valence-electron chi connectivity index (χ3n) is 9.73. The molecule has 5 rings (SSSR count). The van der Waals surface area contributed by atoms with Crippen LogP contribution in [0.3, 0.4) is 0 Å². The van der Waals surface area contributed by atoms with Crippen LogP contribution >= 0.6 is 8.53 Å². The van der Waals surface area contributed by atoms with Gasteiger partial charge in [-0.05, 0) is 74.7 Å². The second kappa shape index (κ2) is 21.9. The molecule has 5 atom stereocenters. The SMILES string of the molecule is COc1ccc(C(OC[C@H]2O[C@@H](n3ccc(NC(C)=O)nc3=O)[C@H](OCCC#N)[C@@H]2OP(OCCC#N)N(C(C)C)C(C)C)(c2ccccc2)c2ccc(OC)cc2)cc1. The minimum atomic E-state index is -1.87. The van der Waals surface area contributed by atoms with E-state index in [4.69, 9.17) is 32.7 Å². The Morgan fingerprint density at radius 2 is 1.43 bits per heavy atom. The number of nitriles is 2. The predicted molar refractivity (Wildman–Crippen MR) is 225 cm³/mol. The summed E-state index contributed by atoms with van der Waals surface area (Å²) in [6, 6.07) is 30.7. The van der Waals surface area contributed by atoms with Gasteiger partial charge >= 0.3 is 5.69 Å². The number of amides is 1. The largest absolute Gasteiger partial charge is 0.497 e. The molecular formula is C44H53N6O9P. The van der Waals surface area contributed by atoms with Crippen molar-refractivity contribution in [3.63, 3.8) is 0 Å². The van der Waals surface area contributed by atoms with Crippen molar-refractivity contribution >= 4 is 20.3 Å². The van der Waals surface area contributed by atoms with E-state index in [1.807, 2.05) is 107 Å². The number of hydrogen-bond donors (Lipinski definition) is 1. The Hall–Kier alpha value is -5.22. The summed E-state index contributed by atoms with van der Waals surface area (Å²) < 4.78 is 48.4. The first-order valence-electron chi connectivity index (χ1n) is 19.7. The lowest BCUT2D eigenvalue weighted by Gasteiger charge is -2.39. The van der Waals surface area contributed by atoms with Gasteiger partial charge in [0, 0.05) is 25.2 Å². The van der Waals surface area contributed by atoms with Crippen molar-refractivity contribution in [2.75, 3.05) is 39.4 Å². The minimum Gasteiger partial charge on any atom is -0.497 e. The summed E-state index contributed by atoms with van der Waals surface area (Å²) in [5.74, 6) is 1.01. The number of methoxy groups -OCH3 is 2. The van der Waals surface area contributed by atoms with E-state index < -0.39 is 44.4 Å². The lowest BCUT2D eigenvalue weighted by molar-refractivity contribution is -0.114. The van der Waals surface area contributed by atoms with Crippen LogP contribution in [0.2, 0.25) is 0 Å². The molecule has 16 heteroatoms. The first-order valence-corrected chi connectivity index (χ1v) is 20.8. The number of nitrogens with zero attached hydrogens (tertiary/aromatic N) is 5. The fraction of sp³-hybridized carbons (Fsp3) is 0.432. The van der Waals surface area contributed by atoms with E-state index in [1.165, 1.54) is 23.8 Å². The molecule has 0 bridgehead atoms. The number of carbonyl (C=O) groups is 1. The molecular weight excluding hydrogens is 787 g/mol. The van der Waals surface area contributed by atoms with Crippen molar-refractivity contribution < 1.29 is 37.5 Å². The zero-order chi connectivity index (χ0) is 43.2. The molecule has 1 saturated heterocycles. The molecule has 0 spiro atoms. The molecule has 0 aliphatic carbocycles. The van der Waals surface area contributed by atoms with E-state index in [0.29, 0.717) is 11.5 Å². The molecule has 1 unspecified atom stereocenters. The highest BCUT2D eigenvalue weighted by atomic mass is 31.2. The molecule has 1 aromatic heterocycles. The van der Waals surface area contributed by atoms with E-state index in [-0.39, 0.29) is 56.5 Å². The Labute approximate surface area is 352 Å². The highest BCUT2D eigenvalue weighted by Gasteiger charge is 2.51. The van der Waals surface area contributed by atoms with Gasteiger partial charge in [-0.25, -0.2) is 9.46 Å². The quantitative estimate of drug-likeness (QED) is 0.0511. The highest BCUT2D eigenvalue weighted by molar-refractivity contribution is 7.44. The number of nitrogens with one attached hydrogen (secondary N) is 1. The summed E-state index contributed by atoms with van der Waals surface area (Å²) in [4.78, 5) is 29.6. The van der Waals surface area contributed by atoms with Gasteiger partial charge in [0.1, 0.15) is 41.2 Å². The molecule has 3 aromatic carbocycles. The summed E-state index contributed by atoms with van der Waals surface area (Å²) in [6.07, 6.45) is -2.33. The van der Waals surface area contributed by atoms with Crippen LogP contribution in [-0.4, -0.2) is 84.6 Å². The fourth-order valence-electron chi connectivity index (χ4n) is 7.15. The fourth-order valence-corrected chi connectivity index (χ4v) is 8.92. The molecule has 2 heterocycles. The molecule has 0 radical (unpaired) electrons. The molecule has 15 nitrogen and oxygen atoms in total. The average Bonchev–Trinajstić information content (AvgIpc) is 3.57. The van der Waals surface area contributed by atoms with E-state index in [1.54, 1.807) is 14.2 Å². The number of carbonyl (C=O) groups excluding carboxylic acids is 1. The molecule has 318 valence electrons. The molecule has 0 saturated carbocycles. The standard InChI is InChI=1S/C44H53N6O9P/c1-30(2)50(31(3)4)60(57-28-12-25-46)59-40-38(58-42(41(40)55-27-11-24-45)49-26-23-39(47-32(5)51)48-43(49)52)29-56-44(33-13-9-8-10-14-33,34-15-19-36(53-6)20-16-34)35-17-21-37(54-7)22-18-35/h8-10,13-23,26,30-31,38,40-42H,11-12,27-29H2,1-7H3,(H,47,48,51,52)/t38-,40-,41-,42-,60?/m1/s1. The Bertz CT molecular complexity index is 2070. The van der Waals surface area contributed by atoms with E-state index >= 15 is 0 Å². The number of benzene rings is 3. The zero-order valence-corrected chi connectivity index (χ0v) is 35.9. The average molecular weight is 841 g/mol. The number of rotatable bonds is 21. The molecule has 1 aliphatic rings. The third-order valence-corrected chi connectivity index (χ3v) is 11.9. The van der Waals surface area contributed by atoms with Gasteiger partial charge in [-0.15, -0.1) is 0 Å². The smallest absolute Gasteiger partial charge is 0.351 e. The normalized spacial score (nSPS) is 18.3. The van der Waals surface area contributed by atoms with Crippen LogP contribution in [0.25, 0.3) is 0 Å². The summed E-state index contributed by atoms with van der Waals surface area (Å²) in [6.45, 7) is 9.43. The molecule has 4 aromatic rings. The molecule has 60 heavy (non-hydrogen) atoms. The second-order valence-electron chi connectivity index (χ2n) is 14.4.